The van der Waals surface area contributed by atoms with Crippen LogP contribution in [0.1, 0.15) is 30.7 Å². The number of aryl methyl sites for hydroxylation is 1. The zero-order chi connectivity index (χ0) is 25.5. The largest absolute Gasteiger partial charge is 0.484 e. The van der Waals surface area contributed by atoms with Crippen molar-refractivity contribution in [1.29, 1.82) is 0 Å². The third kappa shape index (κ3) is 6.49. The molecule has 1 N–H and O–H groups in total. The van der Waals surface area contributed by atoms with Crippen LogP contribution in [0, 0.1) is 0 Å². The molecule has 37 heavy (non-hydrogen) atoms. The van der Waals surface area contributed by atoms with Crippen LogP contribution in [0.5, 0.6) is 5.75 Å². The fourth-order valence-corrected chi connectivity index (χ4v) is 4.68. The Morgan fingerprint density at radius 1 is 0.865 bits per heavy atom. The lowest BCUT2D eigenvalue weighted by atomic mass is 10.1. The van der Waals surface area contributed by atoms with Gasteiger partial charge in [0.05, 0.1) is 11.0 Å². The maximum absolute atomic E-state index is 12.1. The van der Waals surface area contributed by atoms with Gasteiger partial charge in [0.15, 0.2) is 6.61 Å². The molecule has 0 radical (unpaired) electrons. The van der Waals surface area contributed by atoms with E-state index in [9.17, 15) is 4.79 Å². The Labute approximate surface area is 222 Å². The molecule has 6 heteroatoms. The Balaban J connectivity index is 1.12. The van der Waals surface area contributed by atoms with Crippen LogP contribution < -0.4 is 10.1 Å². The molecule has 0 atom stereocenters. The summed E-state index contributed by atoms with van der Waals surface area (Å²) in [5.41, 5.74) is 3.47. The van der Waals surface area contributed by atoms with Crippen molar-refractivity contribution in [3.8, 4) is 5.75 Å². The Hall–Kier alpha value is -3.83. The molecule has 0 saturated carbocycles. The average molecular weight is 512 g/mol. The molecule has 188 valence electrons. The lowest BCUT2D eigenvalue weighted by Gasteiger charge is -2.11. The van der Waals surface area contributed by atoms with Gasteiger partial charge in [0.2, 0.25) is 0 Å². The number of fused-ring (bicyclic) bond motifs is 2. The summed E-state index contributed by atoms with van der Waals surface area (Å²) >= 11 is 5.87. The van der Waals surface area contributed by atoms with Crippen LogP contribution in [0.15, 0.2) is 91.0 Å². The molecule has 1 aromatic heterocycles. The minimum Gasteiger partial charge on any atom is -0.484 e. The van der Waals surface area contributed by atoms with E-state index < -0.39 is 0 Å². The van der Waals surface area contributed by atoms with Crippen molar-refractivity contribution in [2.75, 3.05) is 13.2 Å². The summed E-state index contributed by atoms with van der Waals surface area (Å²) in [7, 11) is 0. The highest BCUT2D eigenvalue weighted by Gasteiger charge is 2.11. The number of para-hydroxylation sites is 2. The average Bonchev–Trinajstić information content (AvgIpc) is 3.27. The Morgan fingerprint density at radius 2 is 1.65 bits per heavy atom. The number of aromatic nitrogens is 2. The summed E-state index contributed by atoms with van der Waals surface area (Å²) in [5, 5.41) is 6.08. The standard InChI is InChI=1S/C31H30ClN3O2/c32-26-15-17-27(18-16-26)37-22-31(36)33-19-7-1-2-12-30-34-28-10-5-6-11-29(28)35(30)21-23-13-14-24-8-3-4-9-25(24)20-23/h3-6,8-11,13-18,20H,1-2,7,12,19,21-22H2,(H,33,36). The van der Waals surface area contributed by atoms with Gasteiger partial charge in [-0.2, -0.15) is 0 Å². The fourth-order valence-electron chi connectivity index (χ4n) is 4.56. The zero-order valence-corrected chi connectivity index (χ0v) is 21.5. The number of imidazole rings is 1. The molecule has 0 unspecified atom stereocenters. The van der Waals surface area contributed by atoms with Gasteiger partial charge in [0.1, 0.15) is 11.6 Å². The fraction of sp³-hybridized carbons (Fsp3) is 0.226. The van der Waals surface area contributed by atoms with Crippen molar-refractivity contribution in [3.63, 3.8) is 0 Å². The first-order chi connectivity index (χ1) is 18.2. The molecule has 1 heterocycles. The molecule has 0 aliphatic heterocycles. The number of rotatable bonds is 11. The summed E-state index contributed by atoms with van der Waals surface area (Å²) in [5.74, 6) is 1.62. The predicted molar refractivity (Wildman–Crippen MR) is 150 cm³/mol. The monoisotopic (exact) mass is 511 g/mol. The highest BCUT2D eigenvalue weighted by Crippen LogP contribution is 2.22. The maximum Gasteiger partial charge on any atom is 0.257 e. The molecule has 0 aliphatic carbocycles. The van der Waals surface area contributed by atoms with E-state index in [0.29, 0.717) is 17.3 Å². The third-order valence-electron chi connectivity index (χ3n) is 6.47. The molecular weight excluding hydrogens is 482 g/mol. The van der Waals surface area contributed by atoms with Gasteiger partial charge in [0.25, 0.3) is 5.91 Å². The van der Waals surface area contributed by atoms with Crippen molar-refractivity contribution in [3.05, 3.63) is 107 Å². The summed E-state index contributed by atoms with van der Waals surface area (Å²) in [4.78, 5) is 17.0. The van der Waals surface area contributed by atoms with Crippen molar-refractivity contribution in [1.82, 2.24) is 14.9 Å². The zero-order valence-electron chi connectivity index (χ0n) is 20.7. The van der Waals surface area contributed by atoms with Crippen molar-refractivity contribution in [2.24, 2.45) is 0 Å². The van der Waals surface area contributed by atoms with Crippen LogP contribution in [0.25, 0.3) is 21.8 Å². The van der Waals surface area contributed by atoms with Gasteiger partial charge in [-0.3, -0.25) is 4.79 Å². The minimum atomic E-state index is -0.118. The summed E-state index contributed by atoms with van der Waals surface area (Å²) < 4.78 is 7.83. The molecule has 5 rings (SSSR count). The number of benzene rings is 4. The number of carbonyl (C=O) groups is 1. The lowest BCUT2D eigenvalue weighted by molar-refractivity contribution is -0.123. The second-order valence-corrected chi connectivity index (χ2v) is 9.62. The highest BCUT2D eigenvalue weighted by atomic mass is 35.5. The number of unbranched alkanes of at least 4 members (excludes halogenated alkanes) is 2. The molecule has 5 aromatic rings. The van der Waals surface area contributed by atoms with E-state index in [2.05, 4.69) is 70.5 Å². The highest BCUT2D eigenvalue weighted by molar-refractivity contribution is 6.30. The first-order valence-corrected chi connectivity index (χ1v) is 13.1. The van der Waals surface area contributed by atoms with Crippen LogP contribution in [-0.4, -0.2) is 28.6 Å². The van der Waals surface area contributed by atoms with Gasteiger partial charge in [-0.15, -0.1) is 0 Å². The van der Waals surface area contributed by atoms with E-state index in [-0.39, 0.29) is 12.5 Å². The van der Waals surface area contributed by atoms with Gasteiger partial charge in [-0.05, 0) is 71.6 Å². The molecule has 0 saturated heterocycles. The number of ether oxygens (including phenoxy) is 1. The third-order valence-corrected chi connectivity index (χ3v) is 6.72. The smallest absolute Gasteiger partial charge is 0.257 e. The van der Waals surface area contributed by atoms with Gasteiger partial charge < -0.3 is 14.6 Å². The second kappa shape index (κ2) is 11.9. The van der Waals surface area contributed by atoms with Crippen LogP contribution in [0.4, 0.5) is 0 Å². The van der Waals surface area contributed by atoms with E-state index in [1.54, 1.807) is 24.3 Å². The van der Waals surface area contributed by atoms with Crippen molar-refractivity contribution in [2.45, 2.75) is 32.2 Å². The van der Waals surface area contributed by atoms with E-state index in [1.807, 2.05) is 6.07 Å². The SMILES string of the molecule is O=C(COc1ccc(Cl)cc1)NCCCCCc1nc2ccccc2n1Cc1ccc2ccccc2c1. The van der Waals surface area contributed by atoms with Crippen LogP contribution in [0.3, 0.4) is 0 Å². The Kier molecular flexibility index (Phi) is 8.02. The number of hydrogen-bond donors (Lipinski definition) is 1. The molecule has 0 bridgehead atoms. The minimum absolute atomic E-state index is 0.000426. The molecule has 4 aromatic carbocycles. The molecule has 0 fully saturated rings. The number of carbonyl (C=O) groups excluding carboxylic acids is 1. The Morgan fingerprint density at radius 3 is 2.51 bits per heavy atom. The lowest BCUT2D eigenvalue weighted by Crippen LogP contribution is -2.29. The van der Waals surface area contributed by atoms with E-state index in [0.717, 1.165) is 43.6 Å². The number of amides is 1. The van der Waals surface area contributed by atoms with Crippen molar-refractivity contribution < 1.29 is 9.53 Å². The van der Waals surface area contributed by atoms with E-state index in [1.165, 1.54) is 21.9 Å². The van der Waals surface area contributed by atoms with Crippen LogP contribution >= 0.6 is 11.6 Å². The van der Waals surface area contributed by atoms with Crippen LogP contribution in [0.2, 0.25) is 5.02 Å². The number of halogens is 1. The number of nitrogens with zero attached hydrogens (tertiary/aromatic N) is 2. The van der Waals surface area contributed by atoms with Gasteiger partial charge in [-0.1, -0.05) is 66.6 Å². The van der Waals surface area contributed by atoms with Crippen LogP contribution in [-0.2, 0) is 17.8 Å². The van der Waals surface area contributed by atoms with E-state index >= 15 is 0 Å². The van der Waals surface area contributed by atoms with Gasteiger partial charge >= 0.3 is 0 Å². The second-order valence-electron chi connectivity index (χ2n) is 9.19. The Bertz CT molecular complexity index is 1490. The first-order valence-electron chi connectivity index (χ1n) is 12.7. The number of hydrogen-bond acceptors (Lipinski definition) is 3. The molecule has 5 nitrogen and oxygen atoms in total. The van der Waals surface area contributed by atoms with Gasteiger partial charge in [0, 0.05) is 24.5 Å². The topological polar surface area (TPSA) is 56.1 Å². The molecular formula is C31H30ClN3O2. The van der Waals surface area contributed by atoms with Crippen molar-refractivity contribution >= 4 is 39.3 Å². The molecule has 1 amide bonds. The molecule has 0 aliphatic rings. The summed E-state index contributed by atoms with van der Waals surface area (Å²) in [6.45, 7) is 1.43. The summed E-state index contributed by atoms with van der Waals surface area (Å²) in [6, 6.07) is 30.5. The predicted octanol–water partition coefficient (Wildman–Crippen LogP) is 6.80. The molecule has 0 spiro atoms. The maximum atomic E-state index is 12.1. The van der Waals surface area contributed by atoms with E-state index in [4.69, 9.17) is 21.3 Å². The first kappa shape index (κ1) is 24.8. The normalized spacial score (nSPS) is 11.2. The van der Waals surface area contributed by atoms with Gasteiger partial charge in [-0.25, -0.2) is 4.98 Å². The quantitative estimate of drug-likeness (QED) is 0.198. The number of nitrogens with one attached hydrogen (secondary N) is 1. The summed E-state index contributed by atoms with van der Waals surface area (Å²) in [6.07, 6.45) is 3.84.